The van der Waals surface area contributed by atoms with Gasteiger partial charge in [0.2, 0.25) is 0 Å². The average Bonchev–Trinajstić information content (AvgIpc) is 3.08. The fraction of sp³-hybridized carbons (Fsp3) is 0.235. The van der Waals surface area contributed by atoms with Gasteiger partial charge in [0.05, 0.1) is 0 Å². The SMILES string of the molecule is O=C(c1ccc(NS(=O)(=O)c2ccc(Cl)cc2F)cc1)N1CCCC1. The Hall–Kier alpha value is -2.12. The molecule has 132 valence electrons. The zero-order valence-corrected chi connectivity index (χ0v) is 14.8. The maximum atomic E-state index is 13.8. The Morgan fingerprint density at radius 1 is 1.08 bits per heavy atom. The van der Waals surface area contributed by atoms with Crippen molar-refractivity contribution in [3.05, 3.63) is 58.9 Å². The molecule has 8 heteroatoms. The number of likely N-dealkylation sites (tertiary alicyclic amines) is 1. The topological polar surface area (TPSA) is 66.5 Å². The monoisotopic (exact) mass is 382 g/mol. The molecule has 3 rings (SSSR count). The van der Waals surface area contributed by atoms with Crippen LogP contribution in [-0.4, -0.2) is 32.3 Å². The van der Waals surface area contributed by atoms with Crippen LogP contribution in [-0.2, 0) is 10.0 Å². The zero-order valence-electron chi connectivity index (χ0n) is 13.2. The highest BCUT2D eigenvalue weighted by molar-refractivity contribution is 7.92. The first-order valence-corrected chi connectivity index (χ1v) is 9.60. The molecular formula is C17H16ClFN2O3S. The highest BCUT2D eigenvalue weighted by atomic mass is 35.5. The number of hydrogen-bond donors (Lipinski definition) is 1. The molecule has 0 unspecified atom stereocenters. The first-order valence-electron chi connectivity index (χ1n) is 7.74. The third-order valence-corrected chi connectivity index (χ3v) is 5.61. The summed E-state index contributed by atoms with van der Waals surface area (Å²) in [6.45, 7) is 1.48. The van der Waals surface area contributed by atoms with Crippen LogP contribution in [0.25, 0.3) is 0 Å². The molecule has 1 heterocycles. The summed E-state index contributed by atoms with van der Waals surface area (Å²) in [5.74, 6) is -1.00. The number of sulfonamides is 1. The minimum atomic E-state index is -4.09. The molecule has 1 aliphatic heterocycles. The molecule has 0 radical (unpaired) electrons. The normalized spacial score (nSPS) is 14.6. The van der Waals surface area contributed by atoms with Crippen molar-refractivity contribution in [2.24, 2.45) is 0 Å². The second kappa shape index (κ2) is 7.01. The van der Waals surface area contributed by atoms with Crippen molar-refractivity contribution in [1.82, 2.24) is 4.90 Å². The van der Waals surface area contributed by atoms with Crippen LogP contribution in [0.1, 0.15) is 23.2 Å². The van der Waals surface area contributed by atoms with E-state index in [2.05, 4.69) is 4.72 Å². The van der Waals surface area contributed by atoms with E-state index in [0.717, 1.165) is 38.1 Å². The van der Waals surface area contributed by atoms with E-state index in [1.807, 2.05) is 0 Å². The van der Waals surface area contributed by atoms with Gasteiger partial charge in [-0.3, -0.25) is 9.52 Å². The zero-order chi connectivity index (χ0) is 18.0. The summed E-state index contributed by atoms with van der Waals surface area (Å²) in [5, 5.41) is 0.112. The van der Waals surface area contributed by atoms with Gasteiger partial charge in [0.25, 0.3) is 15.9 Å². The second-order valence-electron chi connectivity index (χ2n) is 5.76. The largest absolute Gasteiger partial charge is 0.339 e. The minimum absolute atomic E-state index is 0.0735. The summed E-state index contributed by atoms with van der Waals surface area (Å²) in [4.78, 5) is 13.5. The lowest BCUT2D eigenvalue weighted by Gasteiger charge is -2.15. The van der Waals surface area contributed by atoms with Crippen LogP contribution in [0.15, 0.2) is 47.4 Å². The van der Waals surface area contributed by atoms with Gasteiger partial charge in [-0.1, -0.05) is 11.6 Å². The van der Waals surface area contributed by atoms with Crippen molar-refractivity contribution >= 4 is 33.2 Å². The van der Waals surface area contributed by atoms with E-state index in [9.17, 15) is 17.6 Å². The smallest absolute Gasteiger partial charge is 0.264 e. The van der Waals surface area contributed by atoms with Crippen LogP contribution in [0.3, 0.4) is 0 Å². The molecule has 2 aromatic rings. The Balaban J connectivity index is 1.77. The molecule has 1 N–H and O–H groups in total. The molecule has 2 aromatic carbocycles. The van der Waals surface area contributed by atoms with Gasteiger partial charge < -0.3 is 4.90 Å². The van der Waals surface area contributed by atoms with Gasteiger partial charge in [-0.05, 0) is 55.3 Å². The number of nitrogens with zero attached hydrogens (tertiary/aromatic N) is 1. The Bertz CT molecular complexity index is 895. The summed E-state index contributed by atoms with van der Waals surface area (Å²) < 4.78 is 40.7. The van der Waals surface area contributed by atoms with Gasteiger partial charge in [-0.15, -0.1) is 0 Å². The quantitative estimate of drug-likeness (QED) is 0.879. The number of amides is 1. The van der Waals surface area contributed by atoms with Gasteiger partial charge in [-0.25, -0.2) is 12.8 Å². The van der Waals surface area contributed by atoms with Gasteiger partial charge in [-0.2, -0.15) is 0 Å². The van der Waals surface area contributed by atoms with Crippen LogP contribution < -0.4 is 4.72 Å². The molecule has 0 aromatic heterocycles. The summed E-state index contributed by atoms with van der Waals surface area (Å²) in [6.07, 6.45) is 1.99. The number of rotatable bonds is 4. The van der Waals surface area contributed by atoms with Crippen molar-refractivity contribution in [1.29, 1.82) is 0 Å². The highest BCUT2D eigenvalue weighted by Gasteiger charge is 2.21. The third kappa shape index (κ3) is 3.93. The van der Waals surface area contributed by atoms with Crippen LogP contribution >= 0.6 is 11.6 Å². The van der Waals surface area contributed by atoms with Crippen LogP contribution in [0.5, 0.6) is 0 Å². The van der Waals surface area contributed by atoms with Gasteiger partial charge in [0.1, 0.15) is 10.7 Å². The lowest BCUT2D eigenvalue weighted by molar-refractivity contribution is 0.0793. The highest BCUT2D eigenvalue weighted by Crippen LogP contribution is 2.22. The summed E-state index contributed by atoms with van der Waals surface area (Å²) in [6, 6.07) is 9.41. The third-order valence-electron chi connectivity index (χ3n) is 3.96. The standard InChI is InChI=1S/C17H16ClFN2O3S/c18-13-5-8-16(15(19)11-13)25(23,24)20-14-6-3-12(4-7-14)17(22)21-9-1-2-10-21/h3-8,11,20H,1-2,9-10H2. The average molecular weight is 383 g/mol. The predicted octanol–water partition coefficient (Wildman–Crippen LogP) is 3.52. The molecule has 0 bridgehead atoms. The summed E-state index contributed by atoms with van der Waals surface area (Å²) >= 11 is 5.64. The number of hydrogen-bond acceptors (Lipinski definition) is 3. The van der Waals surface area contributed by atoms with Crippen molar-refractivity contribution in [3.8, 4) is 0 Å². The fourth-order valence-electron chi connectivity index (χ4n) is 2.69. The molecule has 1 saturated heterocycles. The molecule has 0 aliphatic carbocycles. The number of carbonyl (C=O) groups is 1. The molecule has 0 atom stereocenters. The molecule has 0 spiro atoms. The Kier molecular flexibility index (Phi) is 4.96. The minimum Gasteiger partial charge on any atom is -0.339 e. The van der Waals surface area contributed by atoms with E-state index in [4.69, 9.17) is 11.6 Å². The summed E-state index contributed by atoms with van der Waals surface area (Å²) in [5.41, 5.74) is 0.731. The maximum Gasteiger partial charge on any atom is 0.264 e. The van der Waals surface area contributed by atoms with Crippen LogP contribution in [0.2, 0.25) is 5.02 Å². The molecular weight excluding hydrogens is 367 g/mol. The Morgan fingerprint density at radius 2 is 1.72 bits per heavy atom. The Labute approximate surface area is 150 Å². The maximum absolute atomic E-state index is 13.8. The molecule has 25 heavy (non-hydrogen) atoms. The molecule has 1 amide bonds. The molecule has 1 fully saturated rings. The van der Waals surface area contributed by atoms with Crippen molar-refractivity contribution in [3.63, 3.8) is 0 Å². The van der Waals surface area contributed by atoms with E-state index >= 15 is 0 Å². The second-order valence-corrected chi connectivity index (χ2v) is 7.84. The van der Waals surface area contributed by atoms with Crippen LogP contribution in [0, 0.1) is 5.82 Å². The summed E-state index contributed by atoms with van der Waals surface area (Å²) in [7, 11) is -4.09. The Morgan fingerprint density at radius 3 is 2.32 bits per heavy atom. The van der Waals surface area contributed by atoms with E-state index in [1.54, 1.807) is 17.0 Å². The first-order chi connectivity index (χ1) is 11.9. The lowest BCUT2D eigenvalue weighted by Crippen LogP contribution is -2.27. The lowest BCUT2D eigenvalue weighted by atomic mass is 10.2. The molecule has 0 saturated carbocycles. The van der Waals surface area contributed by atoms with Crippen molar-refractivity contribution in [2.45, 2.75) is 17.7 Å². The van der Waals surface area contributed by atoms with Crippen LogP contribution in [0.4, 0.5) is 10.1 Å². The fourth-order valence-corrected chi connectivity index (χ4v) is 3.96. The number of carbonyl (C=O) groups excluding carboxylic acids is 1. The number of halogens is 2. The van der Waals surface area contributed by atoms with E-state index in [1.165, 1.54) is 18.2 Å². The molecule has 1 aliphatic rings. The van der Waals surface area contributed by atoms with Gasteiger partial charge >= 0.3 is 0 Å². The number of benzene rings is 2. The number of anilines is 1. The predicted molar refractivity (Wildman–Crippen MR) is 93.8 cm³/mol. The van der Waals surface area contributed by atoms with E-state index < -0.39 is 20.7 Å². The van der Waals surface area contributed by atoms with Gasteiger partial charge in [0.15, 0.2) is 0 Å². The van der Waals surface area contributed by atoms with E-state index in [0.29, 0.717) is 5.56 Å². The van der Waals surface area contributed by atoms with Crippen molar-refractivity contribution < 1.29 is 17.6 Å². The number of nitrogens with one attached hydrogen (secondary N) is 1. The van der Waals surface area contributed by atoms with E-state index in [-0.39, 0.29) is 16.6 Å². The molecule has 5 nitrogen and oxygen atoms in total. The first kappa shape index (κ1) is 17.7. The van der Waals surface area contributed by atoms with Crippen molar-refractivity contribution in [2.75, 3.05) is 17.8 Å². The van der Waals surface area contributed by atoms with Gasteiger partial charge in [0, 0.05) is 29.4 Å².